The standard InChI is InChI=1S/C13H13NO3/c1-8(2)11-10(12(15)17-13(11)16)6-9-4-5-14(3)7-9/h4-7H,1-3H3. The van der Waals surface area contributed by atoms with Crippen LogP contribution in [0.15, 0.2) is 35.2 Å². The lowest BCUT2D eigenvalue weighted by atomic mass is 10.0. The van der Waals surface area contributed by atoms with E-state index in [1.807, 2.05) is 30.1 Å². The number of aromatic nitrogens is 1. The van der Waals surface area contributed by atoms with Crippen molar-refractivity contribution >= 4 is 18.0 Å². The maximum absolute atomic E-state index is 11.6. The van der Waals surface area contributed by atoms with Crippen molar-refractivity contribution in [3.63, 3.8) is 0 Å². The second-order valence-corrected chi connectivity index (χ2v) is 4.22. The largest absolute Gasteiger partial charge is 0.386 e. The van der Waals surface area contributed by atoms with Gasteiger partial charge in [0.1, 0.15) is 0 Å². The maximum atomic E-state index is 11.6. The van der Waals surface area contributed by atoms with E-state index in [0.717, 1.165) is 11.1 Å². The van der Waals surface area contributed by atoms with Crippen LogP contribution in [-0.2, 0) is 21.4 Å². The molecule has 4 nitrogen and oxygen atoms in total. The van der Waals surface area contributed by atoms with Crippen LogP contribution in [0, 0.1) is 0 Å². The van der Waals surface area contributed by atoms with Crippen LogP contribution >= 0.6 is 0 Å². The molecule has 0 N–H and O–H groups in total. The summed E-state index contributed by atoms with van der Waals surface area (Å²) >= 11 is 0. The maximum Gasteiger partial charge on any atom is 0.346 e. The highest BCUT2D eigenvalue weighted by molar-refractivity contribution is 6.20. The Labute approximate surface area is 99.2 Å². The summed E-state index contributed by atoms with van der Waals surface area (Å²) in [6.07, 6.45) is 5.41. The first-order valence-corrected chi connectivity index (χ1v) is 5.27. The number of hydrogen-bond acceptors (Lipinski definition) is 3. The van der Waals surface area contributed by atoms with Gasteiger partial charge < -0.3 is 9.30 Å². The Hall–Kier alpha value is -2.10. The molecule has 88 valence electrons. The molecule has 0 bridgehead atoms. The number of esters is 2. The minimum absolute atomic E-state index is 0.334. The summed E-state index contributed by atoms with van der Waals surface area (Å²) in [5, 5.41) is 0. The number of nitrogens with zero attached hydrogens (tertiary/aromatic N) is 1. The van der Waals surface area contributed by atoms with Crippen LogP contribution < -0.4 is 0 Å². The summed E-state index contributed by atoms with van der Waals surface area (Å²) in [6, 6.07) is 1.87. The number of aryl methyl sites for hydroxylation is 1. The number of rotatable bonds is 1. The fourth-order valence-corrected chi connectivity index (χ4v) is 1.78. The average molecular weight is 231 g/mol. The molecule has 1 aromatic heterocycles. The zero-order valence-corrected chi connectivity index (χ0v) is 9.98. The van der Waals surface area contributed by atoms with E-state index in [1.165, 1.54) is 0 Å². The SMILES string of the molecule is CC(C)=C1C(=O)OC(=O)C1=Cc1ccn(C)c1. The first kappa shape index (κ1) is 11.4. The molecule has 1 saturated heterocycles. The second-order valence-electron chi connectivity index (χ2n) is 4.22. The summed E-state index contributed by atoms with van der Waals surface area (Å²) in [7, 11) is 1.89. The molecule has 1 aliphatic heterocycles. The number of ether oxygens (including phenoxy) is 1. The molecule has 2 heterocycles. The monoisotopic (exact) mass is 231 g/mol. The Bertz CT molecular complexity index is 557. The fourth-order valence-electron chi connectivity index (χ4n) is 1.78. The zero-order chi connectivity index (χ0) is 12.6. The Balaban J connectivity index is 2.50. The van der Waals surface area contributed by atoms with Gasteiger partial charge in [0, 0.05) is 19.4 Å². The lowest BCUT2D eigenvalue weighted by Crippen LogP contribution is -1.97. The molecule has 0 aromatic carbocycles. The van der Waals surface area contributed by atoms with Gasteiger partial charge in [0.2, 0.25) is 0 Å². The topological polar surface area (TPSA) is 48.3 Å². The minimum Gasteiger partial charge on any atom is -0.386 e. The number of carbonyl (C=O) groups is 2. The smallest absolute Gasteiger partial charge is 0.346 e. The fraction of sp³-hybridized carbons (Fsp3) is 0.231. The van der Waals surface area contributed by atoms with E-state index < -0.39 is 11.9 Å². The van der Waals surface area contributed by atoms with Crippen LogP contribution in [0.2, 0.25) is 0 Å². The average Bonchev–Trinajstić information content (AvgIpc) is 2.72. The van der Waals surface area contributed by atoms with Crippen molar-refractivity contribution in [2.75, 3.05) is 0 Å². The molecule has 2 rings (SSSR count). The summed E-state index contributed by atoms with van der Waals surface area (Å²) in [4.78, 5) is 23.0. The van der Waals surface area contributed by atoms with Crippen molar-refractivity contribution in [2.24, 2.45) is 7.05 Å². The Morgan fingerprint density at radius 3 is 2.53 bits per heavy atom. The summed E-state index contributed by atoms with van der Waals surface area (Å²) in [5.74, 6) is -1.13. The highest BCUT2D eigenvalue weighted by atomic mass is 16.6. The van der Waals surface area contributed by atoms with Gasteiger partial charge in [-0.1, -0.05) is 5.57 Å². The molecule has 1 aliphatic rings. The van der Waals surface area contributed by atoms with Crippen molar-refractivity contribution in [2.45, 2.75) is 13.8 Å². The van der Waals surface area contributed by atoms with Gasteiger partial charge in [0.05, 0.1) is 11.1 Å². The van der Waals surface area contributed by atoms with E-state index in [1.54, 1.807) is 19.9 Å². The molecular weight excluding hydrogens is 218 g/mol. The van der Waals surface area contributed by atoms with Crippen LogP contribution in [0.4, 0.5) is 0 Å². The van der Waals surface area contributed by atoms with Crippen molar-refractivity contribution in [3.8, 4) is 0 Å². The first-order chi connectivity index (χ1) is 7.99. The Morgan fingerprint density at radius 1 is 1.29 bits per heavy atom. The van der Waals surface area contributed by atoms with Gasteiger partial charge in [-0.2, -0.15) is 0 Å². The van der Waals surface area contributed by atoms with E-state index in [9.17, 15) is 9.59 Å². The molecule has 1 aromatic rings. The van der Waals surface area contributed by atoms with Gasteiger partial charge in [-0.25, -0.2) is 9.59 Å². The molecule has 0 saturated carbocycles. The van der Waals surface area contributed by atoms with E-state index >= 15 is 0 Å². The van der Waals surface area contributed by atoms with Gasteiger partial charge >= 0.3 is 11.9 Å². The van der Waals surface area contributed by atoms with Crippen molar-refractivity contribution in [3.05, 3.63) is 40.7 Å². The third-order valence-electron chi connectivity index (χ3n) is 2.54. The Morgan fingerprint density at radius 2 is 2.00 bits per heavy atom. The molecular formula is C13H13NO3. The summed E-state index contributed by atoms with van der Waals surface area (Å²) in [6.45, 7) is 3.57. The summed E-state index contributed by atoms with van der Waals surface area (Å²) in [5.41, 5.74) is 2.36. The van der Waals surface area contributed by atoms with E-state index in [4.69, 9.17) is 0 Å². The molecule has 0 aliphatic carbocycles. The number of carbonyl (C=O) groups excluding carboxylic acids is 2. The predicted octanol–water partition coefficient (Wildman–Crippen LogP) is 1.83. The molecule has 0 unspecified atom stereocenters. The second kappa shape index (κ2) is 4.05. The molecule has 4 heteroatoms. The first-order valence-electron chi connectivity index (χ1n) is 5.27. The van der Waals surface area contributed by atoms with E-state index in [0.29, 0.717) is 11.1 Å². The lowest BCUT2D eigenvalue weighted by Gasteiger charge is -1.96. The molecule has 0 atom stereocenters. The van der Waals surface area contributed by atoms with Crippen LogP contribution in [0.3, 0.4) is 0 Å². The molecule has 0 spiro atoms. The minimum atomic E-state index is -0.574. The highest BCUT2D eigenvalue weighted by Gasteiger charge is 2.34. The molecule has 0 radical (unpaired) electrons. The normalized spacial score (nSPS) is 17.8. The van der Waals surface area contributed by atoms with Gasteiger partial charge in [-0.05, 0) is 31.6 Å². The third kappa shape index (κ3) is 2.06. The quantitative estimate of drug-likeness (QED) is 0.421. The lowest BCUT2D eigenvalue weighted by molar-refractivity contribution is -0.149. The molecule has 0 amide bonds. The van der Waals surface area contributed by atoms with Crippen LogP contribution in [0.1, 0.15) is 19.4 Å². The van der Waals surface area contributed by atoms with E-state index in [-0.39, 0.29) is 0 Å². The highest BCUT2D eigenvalue weighted by Crippen LogP contribution is 2.27. The van der Waals surface area contributed by atoms with Crippen molar-refractivity contribution in [1.29, 1.82) is 0 Å². The number of cyclic esters (lactones) is 2. The van der Waals surface area contributed by atoms with Gasteiger partial charge in [0.15, 0.2) is 0 Å². The van der Waals surface area contributed by atoms with Gasteiger partial charge in [0.25, 0.3) is 0 Å². The third-order valence-corrected chi connectivity index (χ3v) is 2.54. The van der Waals surface area contributed by atoms with E-state index in [2.05, 4.69) is 4.74 Å². The van der Waals surface area contributed by atoms with Crippen molar-refractivity contribution < 1.29 is 14.3 Å². The molecule has 1 fully saturated rings. The van der Waals surface area contributed by atoms with Gasteiger partial charge in [-0.3, -0.25) is 0 Å². The van der Waals surface area contributed by atoms with Crippen molar-refractivity contribution in [1.82, 2.24) is 4.57 Å². The van der Waals surface area contributed by atoms with Crippen LogP contribution in [0.5, 0.6) is 0 Å². The summed E-state index contributed by atoms with van der Waals surface area (Å²) < 4.78 is 6.49. The molecule has 17 heavy (non-hydrogen) atoms. The zero-order valence-electron chi connectivity index (χ0n) is 9.98. The number of allylic oxidation sites excluding steroid dienone is 1. The van der Waals surface area contributed by atoms with Crippen LogP contribution in [-0.4, -0.2) is 16.5 Å². The number of hydrogen-bond donors (Lipinski definition) is 0. The Kier molecular flexibility index (Phi) is 2.71. The predicted molar refractivity (Wildman–Crippen MR) is 62.9 cm³/mol. The van der Waals surface area contributed by atoms with Crippen LogP contribution in [0.25, 0.3) is 6.08 Å². The van der Waals surface area contributed by atoms with Gasteiger partial charge in [-0.15, -0.1) is 0 Å².